The van der Waals surface area contributed by atoms with E-state index in [1.807, 2.05) is 48.6 Å². The number of benzene rings is 1. The van der Waals surface area contributed by atoms with Gasteiger partial charge in [-0.05, 0) is 29.9 Å². The summed E-state index contributed by atoms with van der Waals surface area (Å²) in [6.07, 6.45) is 8.32. The number of aromatic nitrogens is 1. The van der Waals surface area contributed by atoms with Crippen LogP contribution in [0.4, 0.5) is 0 Å². The maximum absolute atomic E-state index is 10.4. The number of rotatable bonds is 14. The summed E-state index contributed by atoms with van der Waals surface area (Å²) in [6, 6.07) is 11.9. The maximum atomic E-state index is 10.4. The monoisotopic (exact) mass is 380 g/mol. The molecule has 0 aliphatic carbocycles. The zero-order valence-corrected chi connectivity index (χ0v) is 16.4. The molecule has 2 aromatic rings. The van der Waals surface area contributed by atoms with Crippen molar-refractivity contribution in [1.29, 1.82) is 0 Å². The van der Waals surface area contributed by atoms with Crippen molar-refractivity contribution in [2.45, 2.75) is 19.7 Å². The highest BCUT2D eigenvalue weighted by Gasteiger charge is 1.97. The van der Waals surface area contributed by atoms with Crippen molar-refractivity contribution in [2.24, 2.45) is 0 Å². The van der Waals surface area contributed by atoms with Crippen LogP contribution in [0.1, 0.15) is 30.0 Å². The fourth-order valence-corrected chi connectivity index (χ4v) is 2.39. The lowest BCUT2D eigenvalue weighted by molar-refractivity contribution is 0.0361. The number of pyridine rings is 1. The first-order chi connectivity index (χ1) is 13.8. The molecule has 0 saturated heterocycles. The van der Waals surface area contributed by atoms with Gasteiger partial charge in [-0.25, -0.2) is 4.98 Å². The van der Waals surface area contributed by atoms with Crippen LogP contribution in [0.2, 0.25) is 0 Å². The van der Waals surface area contributed by atoms with Gasteiger partial charge in [-0.3, -0.25) is 0 Å². The van der Waals surface area contributed by atoms with Gasteiger partial charge < -0.3 is 19.0 Å². The maximum Gasteiger partial charge on any atom is 0.213 e. The second kappa shape index (κ2) is 13.7. The van der Waals surface area contributed by atoms with E-state index in [9.17, 15) is 4.79 Å². The highest BCUT2D eigenvalue weighted by molar-refractivity contribution is 6.66. The largest absolute Gasteiger partial charge is 0.475 e. The van der Waals surface area contributed by atoms with Crippen molar-refractivity contribution >= 4 is 25.6 Å². The number of hydrogen-bond acceptors (Lipinski definition) is 5. The minimum absolute atomic E-state index is 0.462. The highest BCUT2D eigenvalue weighted by atomic mass is 16.5. The van der Waals surface area contributed by atoms with Crippen molar-refractivity contribution in [3.8, 4) is 5.88 Å². The molecule has 28 heavy (non-hydrogen) atoms. The molecule has 0 bridgehead atoms. The molecule has 5 nitrogen and oxygen atoms in total. The summed E-state index contributed by atoms with van der Waals surface area (Å²) in [5.74, 6) is 0.582. The lowest BCUT2D eigenvalue weighted by atomic mass is 9.74. The van der Waals surface area contributed by atoms with E-state index < -0.39 is 0 Å². The SMILES string of the molecule is CCCOCCOCCOc1ccc(/C=C/c2ccc(C[B]C=O)cc2)cn1. The Morgan fingerprint density at radius 3 is 2.25 bits per heavy atom. The van der Waals surface area contributed by atoms with Crippen molar-refractivity contribution < 1.29 is 19.0 Å². The van der Waals surface area contributed by atoms with Crippen LogP contribution in [0.15, 0.2) is 42.6 Å². The molecule has 1 aromatic carbocycles. The summed E-state index contributed by atoms with van der Waals surface area (Å²) in [4.78, 5) is 14.7. The molecule has 0 N–H and O–H groups in total. The first-order valence-electron chi connectivity index (χ1n) is 9.60. The van der Waals surface area contributed by atoms with Gasteiger partial charge in [-0.1, -0.05) is 48.9 Å². The molecule has 2 rings (SSSR count). The molecule has 147 valence electrons. The minimum Gasteiger partial charge on any atom is -0.475 e. The Hall–Kier alpha value is -2.44. The van der Waals surface area contributed by atoms with Gasteiger partial charge in [-0.15, -0.1) is 0 Å². The Balaban J connectivity index is 1.69. The lowest BCUT2D eigenvalue weighted by Gasteiger charge is -2.07. The Morgan fingerprint density at radius 1 is 0.893 bits per heavy atom. The van der Waals surface area contributed by atoms with Crippen LogP contribution in [-0.2, 0) is 20.6 Å². The van der Waals surface area contributed by atoms with Crippen molar-refractivity contribution in [1.82, 2.24) is 4.98 Å². The quantitative estimate of drug-likeness (QED) is 0.285. The van der Waals surface area contributed by atoms with E-state index >= 15 is 0 Å². The normalized spacial score (nSPS) is 10.9. The van der Waals surface area contributed by atoms with Gasteiger partial charge in [0.1, 0.15) is 6.61 Å². The van der Waals surface area contributed by atoms with Crippen molar-refractivity contribution in [3.63, 3.8) is 0 Å². The Labute approximate surface area is 168 Å². The molecule has 0 unspecified atom stereocenters. The third-order valence-corrected chi connectivity index (χ3v) is 3.86. The molecule has 1 radical (unpaired) electrons. The number of nitrogens with zero attached hydrogens (tertiary/aromatic N) is 1. The van der Waals surface area contributed by atoms with E-state index in [2.05, 4.69) is 11.9 Å². The molecule has 0 aliphatic heterocycles. The molecule has 6 heteroatoms. The van der Waals surface area contributed by atoms with E-state index in [1.165, 1.54) is 0 Å². The van der Waals surface area contributed by atoms with Gasteiger partial charge in [0.25, 0.3) is 0 Å². The van der Waals surface area contributed by atoms with E-state index in [1.54, 1.807) is 13.5 Å². The van der Waals surface area contributed by atoms with Gasteiger partial charge in [0.2, 0.25) is 13.2 Å². The summed E-state index contributed by atoms with van der Waals surface area (Å²) in [6.45, 7) is 5.03. The molecule has 1 heterocycles. The van der Waals surface area contributed by atoms with Gasteiger partial charge in [0.15, 0.2) is 0 Å². The molecular formula is C22H27BNO4. The summed E-state index contributed by atoms with van der Waals surface area (Å²) < 4.78 is 16.3. The predicted octanol–water partition coefficient (Wildman–Crippen LogP) is 3.47. The van der Waals surface area contributed by atoms with Crippen LogP contribution in [0.25, 0.3) is 12.2 Å². The van der Waals surface area contributed by atoms with E-state index in [0.717, 1.165) is 35.9 Å². The van der Waals surface area contributed by atoms with Crippen LogP contribution in [0.5, 0.6) is 5.88 Å². The predicted molar refractivity (Wildman–Crippen MR) is 113 cm³/mol. The van der Waals surface area contributed by atoms with Gasteiger partial charge in [-0.2, -0.15) is 0 Å². The Morgan fingerprint density at radius 2 is 1.57 bits per heavy atom. The van der Waals surface area contributed by atoms with Crippen LogP contribution in [0, 0.1) is 0 Å². The van der Waals surface area contributed by atoms with Crippen molar-refractivity contribution in [2.75, 3.05) is 33.0 Å². The molecular weight excluding hydrogens is 353 g/mol. The summed E-state index contributed by atoms with van der Waals surface area (Å²) in [5.41, 5.74) is 3.20. The van der Waals surface area contributed by atoms with E-state index in [0.29, 0.717) is 38.6 Å². The zero-order valence-electron chi connectivity index (χ0n) is 16.4. The van der Waals surface area contributed by atoms with Gasteiger partial charge >= 0.3 is 0 Å². The second-order valence-electron chi connectivity index (χ2n) is 6.15. The highest BCUT2D eigenvalue weighted by Crippen LogP contribution is 2.12. The molecule has 0 spiro atoms. The number of ether oxygens (including phenoxy) is 3. The molecule has 1 aromatic heterocycles. The fraction of sp³-hybridized carbons (Fsp3) is 0.364. The average Bonchev–Trinajstić information content (AvgIpc) is 2.74. The molecule has 0 saturated carbocycles. The standard InChI is InChI=1S/C22H27BNO4/c1-2-11-26-12-13-27-14-15-28-22-10-9-21(17-24-22)8-5-19-3-6-20(7-4-19)16-23-18-25/h3-10,17-18H,2,11-16H2,1H3/b8-5+. The number of carbonyl (C=O) groups excluding carboxylic acids is 1. The fourth-order valence-electron chi connectivity index (χ4n) is 2.39. The average molecular weight is 380 g/mol. The van der Waals surface area contributed by atoms with Crippen LogP contribution in [0.3, 0.4) is 0 Å². The Kier molecular flexibility index (Phi) is 10.7. The second-order valence-corrected chi connectivity index (χ2v) is 6.15. The molecule has 0 amide bonds. The van der Waals surface area contributed by atoms with Crippen LogP contribution < -0.4 is 4.74 Å². The van der Waals surface area contributed by atoms with Gasteiger partial charge in [0.05, 0.1) is 26.0 Å². The van der Waals surface area contributed by atoms with Gasteiger partial charge in [0, 0.05) is 18.9 Å². The van der Waals surface area contributed by atoms with Crippen LogP contribution in [-0.4, -0.2) is 51.5 Å². The summed E-state index contributed by atoms with van der Waals surface area (Å²) in [5, 5.41) is 0. The molecule has 0 atom stereocenters. The first kappa shape index (κ1) is 21.9. The zero-order chi connectivity index (χ0) is 19.9. The molecule has 0 fully saturated rings. The topological polar surface area (TPSA) is 57.7 Å². The van der Waals surface area contributed by atoms with E-state index in [-0.39, 0.29) is 0 Å². The van der Waals surface area contributed by atoms with Crippen molar-refractivity contribution in [3.05, 3.63) is 59.3 Å². The van der Waals surface area contributed by atoms with Crippen LogP contribution >= 0.6 is 0 Å². The first-order valence-corrected chi connectivity index (χ1v) is 9.60. The molecule has 0 aliphatic rings. The number of carbonyl (C=O) groups is 1. The summed E-state index contributed by atoms with van der Waals surface area (Å²) in [7, 11) is 1.61. The third-order valence-electron chi connectivity index (χ3n) is 3.86. The minimum atomic E-state index is 0.462. The van der Waals surface area contributed by atoms with E-state index in [4.69, 9.17) is 14.2 Å². The third kappa shape index (κ3) is 8.97. The summed E-state index contributed by atoms with van der Waals surface area (Å²) >= 11 is 0. The number of hydrogen-bond donors (Lipinski definition) is 0. The smallest absolute Gasteiger partial charge is 0.213 e. The lowest BCUT2D eigenvalue weighted by Crippen LogP contribution is -2.11. The Bertz CT molecular complexity index is 701.